The SMILES string of the molecule is CN(C)S(=O)(=O)c1ccc2n[nH]nc2c1. The summed E-state index contributed by atoms with van der Waals surface area (Å²) in [6, 6.07) is 4.63. The van der Waals surface area contributed by atoms with E-state index >= 15 is 0 Å². The predicted molar refractivity (Wildman–Crippen MR) is 54.8 cm³/mol. The standard InChI is InChI=1S/C8H10N4O2S/c1-12(2)15(13,14)6-3-4-7-8(5-6)10-11-9-7/h3-5H,1-2H3,(H,9,10,11). The van der Waals surface area contributed by atoms with Crippen molar-refractivity contribution in [1.82, 2.24) is 19.7 Å². The summed E-state index contributed by atoms with van der Waals surface area (Å²) in [5.41, 5.74) is 1.19. The second-order valence-corrected chi connectivity index (χ2v) is 5.41. The van der Waals surface area contributed by atoms with E-state index in [9.17, 15) is 8.42 Å². The summed E-state index contributed by atoms with van der Waals surface area (Å²) in [6.45, 7) is 0. The first-order valence-corrected chi connectivity index (χ1v) is 5.69. The molecule has 0 unspecified atom stereocenters. The first kappa shape index (κ1) is 10.1. The summed E-state index contributed by atoms with van der Waals surface area (Å²) >= 11 is 0. The lowest BCUT2D eigenvalue weighted by molar-refractivity contribution is 0.521. The van der Waals surface area contributed by atoms with Crippen LogP contribution in [0, 0.1) is 0 Å². The van der Waals surface area contributed by atoms with E-state index < -0.39 is 10.0 Å². The molecule has 2 aromatic rings. The molecule has 80 valence electrons. The molecule has 0 spiro atoms. The maximum Gasteiger partial charge on any atom is 0.242 e. The van der Waals surface area contributed by atoms with Crippen LogP contribution in [0.5, 0.6) is 0 Å². The first-order chi connectivity index (χ1) is 7.01. The zero-order valence-corrected chi connectivity index (χ0v) is 9.11. The first-order valence-electron chi connectivity index (χ1n) is 4.25. The zero-order valence-electron chi connectivity index (χ0n) is 8.30. The normalized spacial score (nSPS) is 12.5. The van der Waals surface area contributed by atoms with Gasteiger partial charge in [-0.05, 0) is 18.2 Å². The van der Waals surface area contributed by atoms with Crippen molar-refractivity contribution in [3.8, 4) is 0 Å². The average molecular weight is 226 g/mol. The molecule has 0 radical (unpaired) electrons. The summed E-state index contributed by atoms with van der Waals surface area (Å²) in [7, 11) is -0.418. The Hall–Kier alpha value is -1.47. The van der Waals surface area contributed by atoms with Gasteiger partial charge in [-0.25, -0.2) is 12.7 Å². The van der Waals surface area contributed by atoms with Gasteiger partial charge in [-0.1, -0.05) is 0 Å². The monoisotopic (exact) mass is 226 g/mol. The van der Waals surface area contributed by atoms with Crippen molar-refractivity contribution >= 4 is 21.1 Å². The van der Waals surface area contributed by atoms with Crippen molar-refractivity contribution < 1.29 is 8.42 Å². The number of aromatic amines is 1. The quantitative estimate of drug-likeness (QED) is 0.793. The molecule has 0 amide bonds. The number of hydrogen-bond donors (Lipinski definition) is 1. The molecule has 1 N–H and O–H groups in total. The number of rotatable bonds is 2. The molecular formula is C8H10N4O2S. The van der Waals surface area contributed by atoms with Gasteiger partial charge in [-0.3, -0.25) is 0 Å². The second-order valence-electron chi connectivity index (χ2n) is 3.26. The molecule has 0 fully saturated rings. The smallest absolute Gasteiger partial charge is 0.207 e. The fraction of sp³-hybridized carbons (Fsp3) is 0.250. The Morgan fingerprint density at radius 1 is 1.20 bits per heavy atom. The molecule has 6 nitrogen and oxygen atoms in total. The Kier molecular flexibility index (Phi) is 2.20. The Morgan fingerprint density at radius 2 is 1.87 bits per heavy atom. The number of fused-ring (bicyclic) bond motifs is 1. The van der Waals surface area contributed by atoms with Crippen LogP contribution >= 0.6 is 0 Å². The van der Waals surface area contributed by atoms with Gasteiger partial charge in [0, 0.05) is 14.1 Å². The van der Waals surface area contributed by atoms with Gasteiger partial charge < -0.3 is 0 Å². The van der Waals surface area contributed by atoms with Crippen molar-refractivity contribution in [2.75, 3.05) is 14.1 Å². The van der Waals surface area contributed by atoms with Crippen LogP contribution in [0.15, 0.2) is 23.1 Å². The Bertz CT molecular complexity index is 587. The maximum absolute atomic E-state index is 11.8. The highest BCUT2D eigenvalue weighted by atomic mass is 32.2. The molecule has 0 saturated carbocycles. The van der Waals surface area contributed by atoms with Gasteiger partial charge in [0.2, 0.25) is 10.0 Å². The Morgan fingerprint density at radius 3 is 2.53 bits per heavy atom. The molecule has 1 heterocycles. The van der Waals surface area contributed by atoms with Gasteiger partial charge in [-0.2, -0.15) is 15.4 Å². The van der Waals surface area contributed by atoms with Gasteiger partial charge >= 0.3 is 0 Å². The van der Waals surface area contributed by atoms with Gasteiger partial charge in [0.15, 0.2) is 0 Å². The molecule has 0 aliphatic heterocycles. The van der Waals surface area contributed by atoms with E-state index in [0.717, 1.165) is 4.31 Å². The minimum atomic E-state index is -3.39. The van der Waals surface area contributed by atoms with Crippen LogP contribution in [0.4, 0.5) is 0 Å². The largest absolute Gasteiger partial charge is 0.242 e. The maximum atomic E-state index is 11.8. The van der Waals surface area contributed by atoms with Crippen LogP contribution in [-0.4, -0.2) is 42.2 Å². The van der Waals surface area contributed by atoms with Crippen LogP contribution in [0.2, 0.25) is 0 Å². The third-order valence-electron chi connectivity index (χ3n) is 2.07. The number of benzene rings is 1. The number of nitrogens with zero attached hydrogens (tertiary/aromatic N) is 3. The topological polar surface area (TPSA) is 79.0 Å². The van der Waals surface area contributed by atoms with E-state index in [1.165, 1.54) is 26.2 Å². The second kappa shape index (κ2) is 3.28. The lowest BCUT2D eigenvalue weighted by Crippen LogP contribution is -2.22. The van der Waals surface area contributed by atoms with Crippen molar-refractivity contribution in [1.29, 1.82) is 0 Å². The van der Waals surface area contributed by atoms with Crippen LogP contribution < -0.4 is 0 Å². The van der Waals surface area contributed by atoms with E-state index in [-0.39, 0.29) is 4.90 Å². The van der Waals surface area contributed by atoms with E-state index in [1.807, 2.05) is 0 Å². The third-order valence-corrected chi connectivity index (χ3v) is 3.88. The molecule has 7 heteroatoms. The van der Waals surface area contributed by atoms with Crippen molar-refractivity contribution in [2.24, 2.45) is 0 Å². The summed E-state index contributed by atoms with van der Waals surface area (Å²) < 4.78 is 24.7. The fourth-order valence-electron chi connectivity index (χ4n) is 1.19. The molecule has 1 aromatic heterocycles. The zero-order chi connectivity index (χ0) is 11.1. The van der Waals surface area contributed by atoms with Gasteiger partial charge in [-0.15, -0.1) is 0 Å². The van der Waals surface area contributed by atoms with E-state index in [2.05, 4.69) is 15.4 Å². The Labute approximate surface area is 86.9 Å². The van der Waals surface area contributed by atoms with E-state index in [0.29, 0.717) is 11.0 Å². The summed E-state index contributed by atoms with van der Waals surface area (Å²) in [6.07, 6.45) is 0. The molecule has 2 rings (SSSR count). The number of sulfonamides is 1. The van der Waals surface area contributed by atoms with Crippen molar-refractivity contribution in [3.63, 3.8) is 0 Å². The molecule has 0 aliphatic rings. The predicted octanol–water partition coefficient (Wildman–Crippen LogP) is 0.208. The molecule has 15 heavy (non-hydrogen) atoms. The summed E-state index contributed by atoms with van der Waals surface area (Å²) in [4.78, 5) is 0.217. The lowest BCUT2D eigenvalue weighted by atomic mass is 10.3. The van der Waals surface area contributed by atoms with Gasteiger partial charge in [0.25, 0.3) is 0 Å². The molecule has 0 bridgehead atoms. The molecule has 0 atom stereocenters. The van der Waals surface area contributed by atoms with Crippen LogP contribution in [0.1, 0.15) is 0 Å². The number of nitrogens with one attached hydrogen (secondary N) is 1. The number of hydrogen-bond acceptors (Lipinski definition) is 4. The molecule has 1 aromatic carbocycles. The summed E-state index contributed by atoms with van der Waals surface area (Å²) in [5, 5.41) is 10.1. The summed E-state index contributed by atoms with van der Waals surface area (Å²) in [5.74, 6) is 0. The highest BCUT2D eigenvalue weighted by molar-refractivity contribution is 7.89. The van der Waals surface area contributed by atoms with E-state index in [4.69, 9.17) is 0 Å². The van der Waals surface area contributed by atoms with Crippen molar-refractivity contribution in [3.05, 3.63) is 18.2 Å². The molecule has 0 aliphatic carbocycles. The van der Waals surface area contributed by atoms with E-state index in [1.54, 1.807) is 6.07 Å². The Balaban J connectivity index is 2.63. The van der Waals surface area contributed by atoms with Crippen LogP contribution in [-0.2, 0) is 10.0 Å². The fourth-order valence-corrected chi connectivity index (χ4v) is 2.11. The highest BCUT2D eigenvalue weighted by Crippen LogP contribution is 2.17. The minimum Gasteiger partial charge on any atom is -0.207 e. The van der Waals surface area contributed by atoms with Gasteiger partial charge in [0.1, 0.15) is 11.0 Å². The molecule has 0 saturated heterocycles. The number of H-pyrrole nitrogens is 1. The highest BCUT2D eigenvalue weighted by Gasteiger charge is 2.17. The molecular weight excluding hydrogens is 216 g/mol. The number of aromatic nitrogens is 3. The minimum absolute atomic E-state index is 0.217. The van der Waals surface area contributed by atoms with Crippen LogP contribution in [0.3, 0.4) is 0 Å². The van der Waals surface area contributed by atoms with Gasteiger partial charge in [0.05, 0.1) is 4.90 Å². The third kappa shape index (κ3) is 1.59. The van der Waals surface area contributed by atoms with Crippen molar-refractivity contribution in [2.45, 2.75) is 4.90 Å². The average Bonchev–Trinajstić information content (AvgIpc) is 2.63. The van der Waals surface area contributed by atoms with Crippen LogP contribution in [0.25, 0.3) is 11.0 Å². The lowest BCUT2D eigenvalue weighted by Gasteiger charge is -2.10.